The molecule has 8 heteroatoms. The standard InChI is InChI=1S/C11H14ClFN2O4/c12-5-1-6(13)11(14-2-5)15-7-4-19-8(3-16)10(18)9(7)17/h1-2,7-10,16-18H,3-4H2,(H,14,15). The van der Waals surface area contributed by atoms with Gasteiger partial charge < -0.3 is 25.4 Å². The second-order valence-corrected chi connectivity index (χ2v) is 4.71. The number of aliphatic hydroxyl groups excluding tert-OH is 3. The molecule has 1 aromatic rings. The molecule has 106 valence electrons. The second-order valence-electron chi connectivity index (χ2n) is 4.27. The molecule has 1 fully saturated rings. The topological polar surface area (TPSA) is 94.8 Å². The normalized spacial score (nSPS) is 31.2. The lowest BCUT2D eigenvalue weighted by atomic mass is 9.98. The number of ether oxygens (including phenoxy) is 1. The highest BCUT2D eigenvalue weighted by Gasteiger charge is 2.38. The minimum absolute atomic E-state index is 0.00714. The highest BCUT2D eigenvalue weighted by Crippen LogP contribution is 2.21. The molecule has 1 aliphatic rings. The summed E-state index contributed by atoms with van der Waals surface area (Å²) in [5.74, 6) is -0.759. The minimum atomic E-state index is -1.26. The highest BCUT2D eigenvalue weighted by atomic mass is 35.5. The molecule has 0 aliphatic carbocycles. The number of halogens is 2. The van der Waals surface area contributed by atoms with Gasteiger partial charge in [-0.1, -0.05) is 11.6 Å². The van der Waals surface area contributed by atoms with Gasteiger partial charge in [0, 0.05) is 6.20 Å². The number of nitrogens with one attached hydrogen (secondary N) is 1. The molecule has 0 spiro atoms. The van der Waals surface area contributed by atoms with Crippen LogP contribution in [-0.4, -0.2) is 57.9 Å². The first-order valence-electron chi connectivity index (χ1n) is 5.69. The zero-order valence-corrected chi connectivity index (χ0v) is 10.6. The maximum atomic E-state index is 13.5. The van der Waals surface area contributed by atoms with E-state index < -0.39 is 36.8 Å². The number of aromatic nitrogens is 1. The first-order valence-corrected chi connectivity index (χ1v) is 6.07. The van der Waals surface area contributed by atoms with Gasteiger partial charge in [-0.05, 0) is 6.07 Å². The van der Waals surface area contributed by atoms with Crippen LogP contribution >= 0.6 is 11.6 Å². The highest BCUT2D eigenvalue weighted by molar-refractivity contribution is 6.30. The molecule has 4 atom stereocenters. The molecule has 19 heavy (non-hydrogen) atoms. The van der Waals surface area contributed by atoms with Crippen LogP contribution in [0.5, 0.6) is 0 Å². The van der Waals surface area contributed by atoms with E-state index in [2.05, 4.69) is 10.3 Å². The number of aliphatic hydroxyl groups is 3. The average Bonchev–Trinajstić information content (AvgIpc) is 2.38. The van der Waals surface area contributed by atoms with Gasteiger partial charge >= 0.3 is 0 Å². The fourth-order valence-electron chi connectivity index (χ4n) is 1.87. The summed E-state index contributed by atoms with van der Waals surface area (Å²) < 4.78 is 18.7. The zero-order chi connectivity index (χ0) is 14.0. The Bertz CT molecular complexity index is 451. The summed E-state index contributed by atoms with van der Waals surface area (Å²) in [5, 5.41) is 31.3. The van der Waals surface area contributed by atoms with Crippen molar-refractivity contribution in [3.8, 4) is 0 Å². The molecular weight excluding hydrogens is 279 g/mol. The summed E-state index contributed by atoms with van der Waals surface area (Å²) in [6.07, 6.45) is -2.05. The Balaban J connectivity index is 2.07. The van der Waals surface area contributed by atoms with Gasteiger partial charge in [-0.15, -0.1) is 0 Å². The first-order chi connectivity index (χ1) is 9.02. The molecule has 1 aromatic heterocycles. The maximum Gasteiger partial charge on any atom is 0.166 e. The lowest BCUT2D eigenvalue weighted by Gasteiger charge is -2.37. The van der Waals surface area contributed by atoms with Crippen LogP contribution in [0.4, 0.5) is 10.2 Å². The Morgan fingerprint density at radius 3 is 2.84 bits per heavy atom. The van der Waals surface area contributed by atoms with Crippen molar-refractivity contribution in [1.82, 2.24) is 4.98 Å². The SMILES string of the molecule is OCC1OCC(Nc2ncc(Cl)cc2F)C(O)C1O. The number of anilines is 1. The van der Waals surface area contributed by atoms with Crippen molar-refractivity contribution >= 4 is 17.4 Å². The molecular formula is C11H14ClFN2O4. The van der Waals surface area contributed by atoms with Crippen LogP contribution in [0.1, 0.15) is 0 Å². The van der Waals surface area contributed by atoms with Crippen LogP contribution in [0.2, 0.25) is 5.02 Å². The van der Waals surface area contributed by atoms with Gasteiger partial charge in [0.2, 0.25) is 0 Å². The predicted molar refractivity (Wildman–Crippen MR) is 65.5 cm³/mol. The van der Waals surface area contributed by atoms with Crippen molar-refractivity contribution in [3.63, 3.8) is 0 Å². The maximum absolute atomic E-state index is 13.5. The van der Waals surface area contributed by atoms with Crippen molar-refractivity contribution in [2.24, 2.45) is 0 Å². The molecule has 6 nitrogen and oxygen atoms in total. The third-order valence-corrected chi connectivity index (χ3v) is 3.15. The number of pyridine rings is 1. The van der Waals surface area contributed by atoms with Crippen molar-refractivity contribution in [2.45, 2.75) is 24.4 Å². The molecule has 0 radical (unpaired) electrons. The van der Waals surface area contributed by atoms with Crippen molar-refractivity contribution < 1.29 is 24.4 Å². The van der Waals surface area contributed by atoms with E-state index in [1.165, 1.54) is 6.20 Å². The summed E-state index contributed by atoms with van der Waals surface area (Å²) in [6.45, 7) is -0.397. The molecule has 1 saturated heterocycles. The lowest BCUT2D eigenvalue weighted by molar-refractivity contribution is -0.152. The quantitative estimate of drug-likeness (QED) is 0.615. The first kappa shape index (κ1) is 14.4. The van der Waals surface area contributed by atoms with E-state index in [9.17, 15) is 14.6 Å². The Morgan fingerprint density at radius 2 is 2.21 bits per heavy atom. The van der Waals surface area contributed by atoms with E-state index in [1.54, 1.807) is 0 Å². The Hall–Kier alpha value is -0.990. The smallest absolute Gasteiger partial charge is 0.166 e. The largest absolute Gasteiger partial charge is 0.394 e. The van der Waals surface area contributed by atoms with E-state index >= 15 is 0 Å². The Morgan fingerprint density at radius 1 is 1.47 bits per heavy atom. The van der Waals surface area contributed by atoms with E-state index in [0.717, 1.165) is 6.07 Å². The van der Waals surface area contributed by atoms with Crippen molar-refractivity contribution in [1.29, 1.82) is 0 Å². The van der Waals surface area contributed by atoms with Crippen LogP contribution < -0.4 is 5.32 Å². The number of hydrogen-bond donors (Lipinski definition) is 4. The third kappa shape index (κ3) is 3.13. The summed E-state index contributed by atoms with van der Waals surface area (Å²) in [6, 6.07) is 0.348. The van der Waals surface area contributed by atoms with Crippen molar-refractivity contribution in [2.75, 3.05) is 18.5 Å². The van der Waals surface area contributed by atoms with Gasteiger partial charge in [-0.2, -0.15) is 0 Å². The summed E-state index contributed by atoms with van der Waals surface area (Å²) >= 11 is 5.58. The van der Waals surface area contributed by atoms with E-state index in [1.807, 2.05) is 0 Å². The number of rotatable bonds is 3. The van der Waals surface area contributed by atoms with Gasteiger partial charge in [0.05, 0.1) is 24.3 Å². The fraction of sp³-hybridized carbons (Fsp3) is 0.545. The Labute approximate surface area is 113 Å². The molecule has 0 amide bonds. The van der Waals surface area contributed by atoms with Gasteiger partial charge in [0.15, 0.2) is 11.6 Å². The van der Waals surface area contributed by atoms with E-state index in [0.29, 0.717) is 0 Å². The van der Waals surface area contributed by atoms with E-state index in [4.69, 9.17) is 21.4 Å². The van der Waals surface area contributed by atoms with Crippen LogP contribution in [-0.2, 0) is 4.74 Å². The van der Waals surface area contributed by atoms with Gasteiger partial charge in [-0.25, -0.2) is 9.37 Å². The van der Waals surface area contributed by atoms with Crippen LogP contribution in [0.15, 0.2) is 12.3 Å². The van der Waals surface area contributed by atoms with Gasteiger partial charge in [0.25, 0.3) is 0 Å². The molecule has 0 saturated carbocycles. The number of nitrogens with zero attached hydrogens (tertiary/aromatic N) is 1. The second kappa shape index (κ2) is 5.98. The average molecular weight is 293 g/mol. The molecule has 1 aliphatic heterocycles. The predicted octanol–water partition coefficient (Wildman–Crippen LogP) is -0.233. The number of hydrogen-bond acceptors (Lipinski definition) is 6. The zero-order valence-electron chi connectivity index (χ0n) is 9.83. The molecule has 4 N–H and O–H groups in total. The minimum Gasteiger partial charge on any atom is -0.394 e. The van der Waals surface area contributed by atoms with Crippen LogP contribution in [0, 0.1) is 5.82 Å². The Kier molecular flexibility index (Phi) is 4.54. The fourth-order valence-corrected chi connectivity index (χ4v) is 2.01. The molecule has 2 heterocycles. The van der Waals surface area contributed by atoms with E-state index in [-0.39, 0.29) is 17.4 Å². The molecule has 0 aromatic carbocycles. The van der Waals surface area contributed by atoms with Crippen LogP contribution in [0.25, 0.3) is 0 Å². The van der Waals surface area contributed by atoms with Gasteiger partial charge in [-0.3, -0.25) is 0 Å². The van der Waals surface area contributed by atoms with Crippen molar-refractivity contribution in [3.05, 3.63) is 23.1 Å². The molecule has 0 bridgehead atoms. The summed E-state index contributed by atoms with van der Waals surface area (Å²) in [5.41, 5.74) is 0. The third-order valence-electron chi connectivity index (χ3n) is 2.94. The lowest BCUT2D eigenvalue weighted by Crippen LogP contribution is -2.56. The van der Waals surface area contributed by atoms with Crippen LogP contribution in [0.3, 0.4) is 0 Å². The van der Waals surface area contributed by atoms with Gasteiger partial charge in [0.1, 0.15) is 18.3 Å². The molecule has 4 unspecified atom stereocenters. The summed E-state index contributed by atoms with van der Waals surface area (Å²) in [4.78, 5) is 3.75. The summed E-state index contributed by atoms with van der Waals surface area (Å²) in [7, 11) is 0. The monoisotopic (exact) mass is 292 g/mol. The molecule has 2 rings (SSSR count).